The van der Waals surface area contributed by atoms with Crippen molar-refractivity contribution in [2.24, 2.45) is 5.92 Å². The summed E-state index contributed by atoms with van der Waals surface area (Å²) in [5, 5.41) is 2.95. The highest BCUT2D eigenvalue weighted by Crippen LogP contribution is 2.32. The number of nitrogens with zero attached hydrogens (tertiary/aromatic N) is 2. The van der Waals surface area contributed by atoms with Gasteiger partial charge >= 0.3 is 0 Å². The summed E-state index contributed by atoms with van der Waals surface area (Å²) in [7, 11) is -1.86. The zero-order valence-corrected chi connectivity index (χ0v) is 18.3. The molecule has 1 atom stereocenters. The van der Waals surface area contributed by atoms with Crippen LogP contribution in [0.1, 0.15) is 50.5 Å². The lowest BCUT2D eigenvalue weighted by molar-refractivity contribution is -0.126. The van der Waals surface area contributed by atoms with E-state index in [-0.39, 0.29) is 31.2 Å². The van der Waals surface area contributed by atoms with Crippen LogP contribution in [0.2, 0.25) is 0 Å². The van der Waals surface area contributed by atoms with E-state index in [1.807, 2.05) is 18.2 Å². The van der Waals surface area contributed by atoms with Gasteiger partial charge in [-0.1, -0.05) is 25.3 Å². The summed E-state index contributed by atoms with van der Waals surface area (Å²) in [4.78, 5) is 12.7. The van der Waals surface area contributed by atoms with Crippen LogP contribution in [-0.4, -0.2) is 55.9 Å². The second kappa shape index (κ2) is 9.11. The molecule has 0 radical (unpaired) electrons. The van der Waals surface area contributed by atoms with Gasteiger partial charge in [0, 0.05) is 32.7 Å². The van der Waals surface area contributed by atoms with Gasteiger partial charge in [0.1, 0.15) is 0 Å². The van der Waals surface area contributed by atoms with Gasteiger partial charge in [0.15, 0.2) is 11.5 Å². The van der Waals surface area contributed by atoms with Gasteiger partial charge in [-0.05, 0) is 43.4 Å². The fraction of sp³-hybridized carbons (Fsp3) is 0.667. The van der Waals surface area contributed by atoms with Crippen molar-refractivity contribution in [1.29, 1.82) is 0 Å². The van der Waals surface area contributed by atoms with Crippen molar-refractivity contribution < 1.29 is 22.7 Å². The molecule has 1 aromatic rings. The first-order valence-corrected chi connectivity index (χ1v) is 12.2. The third-order valence-corrected chi connectivity index (χ3v) is 8.45. The molecule has 9 heteroatoms. The molecule has 1 aromatic carbocycles. The Morgan fingerprint density at radius 3 is 2.70 bits per heavy atom. The number of hydrogen-bond acceptors (Lipinski definition) is 5. The molecular weight excluding hydrogens is 406 g/mol. The fourth-order valence-electron chi connectivity index (χ4n) is 4.57. The highest BCUT2D eigenvalue weighted by atomic mass is 32.2. The normalized spacial score (nSPS) is 22.9. The molecule has 8 nitrogen and oxygen atoms in total. The number of piperidine rings is 1. The average molecular weight is 438 g/mol. The van der Waals surface area contributed by atoms with Gasteiger partial charge in [-0.15, -0.1) is 0 Å². The maximum absolute atomic E-state index is 13.1. The minimum atomic E-state index is -3.55. The van der Waals surface area contributed by atoms with Crippen LogP contribution in [0, 0.1) is 5.92 Å². The minimum Gasteiger partial charge on any atom is -0.454 e. The third kappa shape index (κ3) is 4.58. The Morgan fingerprint density at radius 2 is 1.90 bits per heavy atom. The zero-order chi connectivity index (χ0) is 21.1. The molecule has 1 N–H and O–H groups in total. The number of benzene rings is 1. The Balaban J connectivity index is 1.34. The van der Waals surface area contributed by atoms with Gasteiger partial charge in [0.05, 0.1) is 5.92 Å². The van der Waals surface area contributed by atoms with E-state index in [1.54, 1.807) is 11.4 Å². The van der Waals surface area contributed by atoms with Crippen molar-refractivity contribution in [1.82, 2.24) is 13.9 Å². The monoisotopic (exact) mass is 437 g/mol. The molecule has 1 aliphatic carbocycles. The number of carbonyl (C=O) groups is 1. The molecule has 2 aliphatic heterocycles. The molecular formula is C21H31N3O5S. The van der Waals surface area contributed by atoms with Crippen molar-refractivity contribution in [3.05, 3.63) is 23.8 Å². The average Bonchev–Trinajstić information content (AvgIpc) is 3.25. The molecule has 0 aromatic heterocycles. The molecule has 2 fully saturated rings. The Morgan fingerprint density at radius 1 is 1.13 bits per heavy atom. The second-order valence-corrected chi connectivity index (χ2v) is 10.4. The van der Waals surface area contributed by atoms with E-state index in [4.69, 9.17) is 9.47 Å². The smallest absolute Gasteiger partial charge is 0.281 e. The number of hydrogen-bond donors (Lipinski definition) is 1. The Hall–Kier alpha value is -1.84. The quantitative estimate of drug-likeness (QED) is 0.738. The number of ether oxygens (including phenoxy) is 2. The molecule has 2 heterocycles. The van der Waals surface area contributed by atoms with Gasteiger partial charge in [-0.3, -0.25) is 4.79 Å². The first kappa shape index (κ1) is 21.4. The van der Waals surface area contributed by atoms with Crippen LogP contribution in [0.15, 0.2) is 18.2 Å². The van der Waals surface area contributed by atoms with Gasteiger partial charge in [0.2, 0.25) is 12.7 Å². The van der Waals surface area contributed by atoms with Crippen LogP contribution < -0.4 is 14.8 Å². The first-order valence-electron chi connectivity index (χ1n) is 10.8. The molecule has 4 rings (SSSR count). The lowest BCUT2D eigenvalue weighted by Gasteiger charge is -2.37. The van der Waals surface area contributed by atoms with Crippen LogP contribution in [0.4, 0.5) is 0 Å². The van der Waals surface area contributed by atoms with Crippen molar-refractivity contribution >= 4 is 16.1 Å². The summed E-state index contributed by atoms with van der Waals surface area (Å²) in [6, 6.07) is 5.66. The van der Waals surface area contributed by atoms with Gasteiger partial charge < -0.3 is 14.8 Å². The Bertz CT molecular complexity index is 869. The number of fused-ring (bicyclic) bond motifs is 1. The minimum absolute atomic E-state index is 0.0731. The largest absolute Gasteiger partial charge is 0.454 e. The number of rotatable bonds is 6. The summed E-state index contributed by atoms with van der Waals surface area (Å²) >= 11 is 0. The Labute approximate surface area is 178 Å². The maximum atomic E-state index is 13.1. The van der Waals surface area contributed by atoms with Crippen LogP contribution >= 0.6 is 0 Å². The van der Waals surface area contributed by atoms with Gasteiger partial charge in [-0.2, -0.15) is 17.0 Å². The summed E-state index contributed by atoms with van der Waals surface area (Å²) in [5.74, 6) is 0.956. The second-order valence-electron chi connectivity index (χ2n) is 8.42. The molecule has 1 saturated carbocycles. The van der Waals surface area contributed by atoms with E-state index in [2.05, 4.69) is 5.32 Å². The van der Waals surface area contributed by atoms with Crippen molar-refractivity contribution in [2.75, 3.05) is 26.9 Å². The highest BCUT2D eigenvalue weighted by Gasteiger charge is 2.37. The molecule has 1 amide bonds. The lowest BCUT2D eigenvalue weighted by atomic mass is 9.96. The molecule has 1 saturated heterocycles. The summed E-state index contributed by atoms with van der Waals surface area (Å²) in [6.45, 7) is 1.31. The topological polar surface area (TPSA) is 88.2 Å². The van der Waals surface area contributed by atoms with Crippen LogP contribution in [0.5, 0.6) is 11.5 Å². The van der Waals surface area contributed by atoms with Crippen LogP contribution in [0.3, 0.4) is 0 Å². The molecule has 0 bridgehead atoms. The van der Waals surface area contributed by atoms with Crippen LogP contribution in [-0.2, 0) is 21.5 Å². The Kier molecular flexibility index (Phi) is 6.50. The molecule has 0 spiro atoms. The number of carbonyl (C=O) groups excluding carboxylic acids is 1. The van der Waals surface area contributed by atoms with Crippen molar-refractivity contribution in [3.63, 3.8) is 0 Å². The maximum Gasteiger partial charge on any atom is 0.281 e. The van der Waals surface area contributed by atoms with E-state index in [0.29, 0.717) is 37.4 Å². The molecule has 166 valence electrons. The molecule has 30 heavy (non-hydrogen) atoms. The van der Waals surface area contributed by atoms with Crippen LogP contribution in [0.25, 0.3) is 0 Å². The standard InChI is InChI=1S/C21H31N3O5S/c1-23(18-7-3-2-4-8-18)30(26,27)24-11-5-6-17(14-24)21(25)22-13-16-9-10-19-20(12-16)29-15-28-19/h9-10,12,17-18H,2-8,11,13-15H2,1H3,(H,22,25)/t17-/m1/s1. The number of amides is 1. The summed E-state index contributed by atoms with van der Waals surface area (Å²) in [6.07, 6.45) is 6.57. The predicted molar refractivity (Wildman–Crippen MR) is 112 cm³/mol. The lowest BCUT2D eigenvalue weighted by Crippen LogP contribution is -2.52. The third-order valence-electron chi connectivity index (χ3n) is 6.44. The summed E-state index contributed by atoms with van der Waals surface area (Å²) in [5.41, 5.74) is 0.921. The highest BCUT2D eigenvalue weighted by molar-refractivity contribution is 7.86. The molecule has 0 unspecified atom stereocenters. The zero-order valence-electron chi connectivity index (χ0n) is 17.5. The summed E-state index contributed by atoms with van der Waals surface area (Å²) < 4.78 is 40.0. The van der Waals surface area contributed by atoms with E-state index < -0.39 is 10.2 Å². The van der Waals surface area contributed by atoms with Gasteiger partial charge in [-0.25, -0.2) is 0 Å². The predicted octanol–water partition coefficient (Wildman–Crippen LogP) is 2.25. The molecule has 3 aliphatic rings. The van der Waals surface area contributed by atoms with E-state index >= 15 is 0 Å². The van der Waals surface area contributed by atoms with E-state index in [0.717, 1.165) is 31.2 Å². The van der Waals surface area contributed by atoms with E-state index in [1.165, 1.54) is 10.7 Å². The fourth-order valence-corrected chi connectivity index (χ4v) is 6.25. The van der Waals surface area contributed by atoms with E-state index in [9.17, 15) is 13.2 Å². The van der Waals surface area contributed by atoms with Gasteiger partial charge in [0.25, 0.3) is 10.2 Å². The SMILES string of the molecule is CN(C1CCCCC1)S(=O)(=O)N1CCC[C@@H](C(=O)NCc2ccc3c(c2)OCO3)C1. The first-order chi connectivity index (χ1) is 14.4. The van der Waals surface area contributed by atoms with Crippen molar-refractivity contribution in [3.8, 4) is 11.5 Å². The number of nitrogens with one attached hydrogen (secondary N) is 1. The van der Waals surface area contributed by atoms with Crippen molar-refractivity contribution in [2.45, 2.75) is 57.5 Å².